The summed E-state index contributed by atoms with van der Waals surface area (Å²) in [7, 11) is 0. The van der Waals surface area contributed by atoms with Gasteiger partial charge < -0.3 is 9.80 Å². The van der Waals surface area contributed by atoms with E-state index in [-0.39, 0.29) is 17.6 Å². The number of amides is 1. The number of carbonyl (C=O) groups is 1. The predicted octanol–water partition coefficient (Wildman–Crippen LogP) is 1.62. The Bertz CT molecular complexity index is 1020. The summed E-state index contributed by atoms with van der Waals surface area (Å²) in [5.74, 6) is 2.53. The molecule has 0 aromatic carbocycles. The first-order valence-corrected chi connectivity index (χ1v) is 9.50. The molecule has 0 bridgehead atoms. The summed E-state index contributed by atoms with van der Waals surface area (Å²) in [6.07, 6.45) is 1.67. The van der Waals surface area contributed by atoms with Crippen LogP contribution in [0.5, 0.6) is 0 Å². The van der Waals surface area contributed by atoms with Crippen LogP contribution in [0.2, 0.25) is 0 Å². The zero-order valence-corrected chi connectivity index (χ0v) is 16.6. The van der Waals surface area contributed by atoms with E-state index in [0.717, 1.165) is 23.0 Å². The molecule has 9 nitrogen and oxygen atoms in total. The molecule has 28 heavy (non-hydrogen) atoms. The van der Waals surface area contributed by atoms with Crippen molar-refractivity contribution < 1.29 is 4.79 Å². The molecule has 146 valence electrons. The van der Waals surface area contributed by atoms with E-state index in [1.54, 1.807) is 15.6 Å². The molecule has 0 aliphatic carbocycles. The number of nitrogens with zero attached hydrogens (tertiary/aromatic N) is 8. The highest BCUT2D eigenvalue weighted by atomic mass is 16.2. The summed E-state index contributed by atoms with van der Waals surface area (Å²) < 4.78 is 1.60. The van der Waals surface area contributed by atoms with Crippen molar-refractivity contribution in [1.82, 2.24) is 34.4 Å². The monoisotopic (exact) mass is 380 g/mol. The molecule has 0 N–H and O–H groups in total. The maximum absolute atomic E-state index is 12.8. The number of carbonyl (C=O) groups excluding carboxylic acids is 1. The van der Waals surface area contributed by atoms with Crippen LogP contribution in [-0.4, -0.2) is 66.5 Å². The molecule has 1 aliphatic rings. The van der Waals surface area contributed by atoms with Gasteiger partial charge in [-0.3, -0.25) is 4.79 Å². The average molecular weight is 380 g/mol. The zero-order valence-electron chi connectivity index (χ0n) is 16.6. The second kappa shape index (κ2) is 7.14. The Morgan fingerprint density at radius 2 is 1.82 bits per heavy atom. The van der Waals surface area contributed by atoms with Crippen molar-refractivity contribution >= 4 is 17.5 Å². The molecule has 1 saturated heterocycles. The quantitative estimate of drug-likeness (QED) is 0.682. The van der Waals surface area contributed by atoms with Crippen molar-refractivity contribution in [3.8, 4) is 0 Å². The first kappa shape index (κ1) is 18.3. The summed E-state index contributed by atoms with van der Waals surface area (Å²) in [5, 5.41) is 4.32. The lowest BCUT2D eigenvalue weighted by atomic mass is 10.2. The van der Waals surface area contributed by atoms with Gasteiger partial charge in [0.05, 0.1) is 0 Å². The number of aromatic nitrogens is 6. The average Bonchev–Trinajstić information content (AvgIpc) is 3.13. The Balaban J connectivity index is 1.48. The van der Waals surface area contributed by atoms with Gasteiger partial charge in [0.25, 0.3) is 11.7 Å². The smallest absolute Gasteiger partial charge is 0.293 e. The van der Waals surface area contributed by atoms with Crippen LogP contribution < -0.4 is 4.90 Å². The lowest BCUT2D eigenvalue weighted by Gasteiger charge is -2.35. The summed E-state index contributed by atoms with van der Waals surface area (Å²) in [5.41, 5.74) is 1.85. The van der Waals surface area contributed by atoms with Gasteiger partial charge in [0.15, 0.2) is 0 Å². The van der Waals surface area contributed by atoms with Crippen LogP contribution in [0.3, 0.4) is 0 Å². The van der Waals surface area contributed by atoms with Crippen molar-refractivity contribution in [2.24, 2.45) is 0 Å². The van der Waals surface area contributed by atoms with Crippen LogP contribution >= 0.6 is 0 Å². The number of anilines is 1. The Morgan fingerprint density at radius 1 is 1.07 bits per heavy atom. The normalized spacial score (nSPS) is 14.9. The van der Waals surface area contributed by atoms with Crippen LogP contribution in [-0.2, 0) is 0 Å². The van der Waals surface area contributed by atoms with Crippen LogP contribution in [0.1, 0.15) is 47.6 Å². The molecule has 3 aromatic rings. The second-order valence-electron chi connectivity index (χ2n) is 7.39. The Labute approximate surface area is 163 Å². The van der Waals surface area contributed by atoms with Gasteiger partial charge in [0.1, 0.15) is 11.6 Å². The van der Waals surface area contributed by atoms with Crippen molar-refractivity contribution in [2.75, 3.05) is 31.1 Å². The van der Waals surface area contributed by atoms with Crippen LogP contribution in [0.4, 0.5) is 5.82 Å². The fraction of sp³-hybridized carbons (Fsp3) is 0.474. The van der Waals surface area contributed by atoms with E-state index in [1.807, 2.05) is 26.0 Å². The summed E-state index contributed by atoms with van der Waals surface area (Å²) in [6.45, 7) is 10.7. The first-order chi connectivity index (χ1) is 13.4. The van der Waals surface area contributed by atoms with Gasteiger partial charge in [-0.15, -0.1) is 5.10 Å². The van der Waals surface area contributed by atoms with E-state index in [4.69, 9.17) is 4.98 Å². The van der Waals surface area contributed by atoms with Crippen molar-refractivity contribution in [1.29, 1.82) is 0 Å². The fourth-order valence-electron chi connectivity index (χ4n) is 3.27. The van der Waals surface area contributed by atoms with Gasteiger partial charge in [0.2, 0.25) is 5.82 Å². The van der Waals surface area contributed by atoms with E-state index in [9.17, 15) is 4.79 Å². The third-order valence-corrected chi connectivity index (χ3v) is 4.89. The maximum atomic E-state index is 12.8. The van der Waals surface area contributed by atoms with Crippen molar-refractivity contribution in [3.05, 3.63) is 41.4 Å². The second-order valence-corrected chi connectivity index (χ2v) is 7.39. The highest BCUT2D eigenvalue weighted by molar-refractivity contribution is 5.91. The zero-order chi connectivity index (χ0) is 19.8. The SMILES string of the molecule is Cc1cc(N2CCN(C(=O)c3nc4nccc(C)n4n3)CC2)nc(C(C)C)n1. The van der Waals surface area contributed by atoms with E-state index >= 15 is 0 Å². The largest absolute Gasteiger partial charge is 0.353 e. The van der Waals surface area contributed by atoms with Gasteiger partial charge in [-0.1, -0.05) is 13.8 Å². The van der Waals surface area contributed by atoms with Crippen LogP contribution in [0.15, 0.2) is 18.3 Å². The lowest BCUT2D eigenvalue weighted by Crippen LogP contribution is -2.49. The molecule has 0 saturated carbocycles. The molecule has 4 rings (SSSR count). The standard InChI is InChI=1S/C19H24N8O/c1-12(2)16-21-13(3)11-15(22-16)25-7-9-26(10-8-25)18(28)17-23-19-20-6-5-14(4)27(19)24-17/h5-6,11-12H,7-10H2,1-4H3. The number of rotatable bonds is 3. The van der Waals surface area contributed by atoms with Crippen molar-refractivity contribution in [2.45, 2.75) is 33.6 Å². The number of piperazine rings is 1. The number of hydrogen-bond donors (Lipinski definition) is 0. The topological polar surface area (TPSA) is 92.4 Å². The molecule has 9 heteroatoms. The molecule has 0 radical (unpaired) electrons. The predicted molar refractivity (Wildman–Crippen MR) is 104 cm³/mol. The molecule has 1 amide bonds. The summed E-state index contributed by atoms with van der Waals surface area (Å²) >= 11 is 0. The molecule has 1 fully saturated rings. The van der Waals surface area contributed by atoms with Gasteiger partial charge >= 0.3 is 0 Å². The van der Waals surface area contributed by atoms with Gasteiger partial charge in [0, 0.05) is 55.7 Å². The molecule has 0 unspecified atom stereocenters. The Kier molecular flexibility index (Phi) is 4.66. The molecule has 3 aromatic heterocycles. The molecular formula is C19H24N8O. The molecule has 1 aliphatic heterocycles. The third-order valence-electron chi connectivity index (χ3n) is 4.89. The molecule has 0 atom stereocenters. The van der Waals surface area contributed by atoms with E-state index in [0.29, 0.717) is 32.0 Å². The van der Waals surface area contributed by atoms with Gasteiger partial charge in [-0.2, -0.15) is 4.98 Å². The van der Waals surface area contributed by atoms with E-state index in [1.165, 1.54) is 0 Å². The van der Waals surface area contributed by atoms with Crippen LogP contribution in [0.25, 0.3) is 5.78 Å². The molecule has 4 heterocycles. The summed E-state index contributed by atoms with van der Waals surface area (Å²) in [4.78, 5) is 34.5. The Morgan fingerprint density at radius 3 is 2.50 bits per heavy atom. The number of aryl methyl sites for hydroxylation is 2. The third kappa shape index (κ3) is 3.39. The maximum Gasteiger partial charge on any atom is 0.293 e. The fourth-order valence-corrected chi connectivity index (χ4v) is 3.27. The summed E-state index contributed by atoms with van der Waals surface area (Å²) in [6, 6.07) is 3.84. The minimum absolute atomic E-state index is 0.161. The lowest BCUT2D eigenvalue weighted by molar-refractivity contribution is 0.0734. The minimum atomic E-state index is -0.161. The van der Waals surface area contributed by atoms with Gasteiger partial charge in [-0.05, 0) is 19.9 Å². The number of hydrogen-bond acceptors (Lipinski definition) is 7. The Hall–Kier alpha value is -3.10. The first-order valence-electron chi connectivity index (χ1n) is 9.50. The van der Waals surface area contributed by atoms with Crippen LogP contribution in [0, 0.1) is 13.8 Å². The highest BCUT2D eigenvalue weighted by Crippen LogP contribution is 2.19. The molecular weight excluding hydrogens is 356 g/mol. The van der Waals surface area contributed by atoms with E-state index < -0.39 is 0 Å². The van der Waals surface area contributed by atoms with Gasteiger partial charge in [-0.25, -0.2) is 19.5 Å². The minimum Gasteiger partial charge on any atom is -0.353 e. The number of fused-ring (bicyclic) bond motifs is 1. The van der Waals surface area contributed by atoms with E-state index in [2.05, 4.69) is 38.8 Å². The van der Waals surface area contributed by atoms with Crippen molar-refractivity contribution in [3.63, 3.8) is 0 Å². The highest BCUT2D eigenvalue weighted by Gasteiger charge is 2.26. The molecule has 0 spiro atoms.